The molecule has 0 fully saturated rings. The van der Waals surface area contributed by atoms with Crippen LogP contribution in [0, 0.1) is 0 Å². The molecule has 0 atom stereocenters. The fraction of sp³-hybridized carbons (Fsp3) is 0.150. The Hall–Kier alpha value is -2.09. The molecule has 0 radical (unpaired) electrons. The van der Waals surface area contributed by atoms with E-state index in [9.17, 15) is 4.79 Å². The molecule has 3 rings (SSSR count). The topological polar surface area (TPSA) is 26.3 Å². The number of hydrogen-bond donors (Lipinski definition) is 0. The minimum absolute atomic E-state index is 0.0491. The summed E-state index contributed by atoms with van der Waals surface area (Å²) in [4.78, 5) is 12.5. The third kappa shape index (κ3) is 3.64. The Kier molecular flexibility index (Phi) is 4.80. The van der Waals surface area contributed by atoms with Gasteiger partial charge in [0.05, 0.1) is 0 Å². The number of carbonyl (C=O) groups is 1. The number of esters is 1. The van der Waals surface area contributed by atoms with Gasteiger partial charge >= 0.3 is 142 Å². The Bertz CT molecular complexity index is 825. The van der Waals surface area contributed by atoms with Crippen LogP contribution in [0.25, 0.3) is 10.8 Å². The van der Waals surface area contributed by atoms with E-state index in [4.69, 9.17) is 4.74 Å². The maximum absolute atomic E-state index is 12.5. The minimum atomic E-state index is -0.237. The fourth-order valence-corrected chi connectivity index (χ4v) is 4.68. The summed E-state index contributed by atoms with van der Waals surface area (Å²) in [5.41, 5.74) is 0.682. The van der Waals surface area contributed by atoms with Gasteiger partial charge in [0.25, 0.3) is 0 Å². The van der Waals surface area contributed by atoms with E-state index in [1.165, 1.54) is 4.46 Å². The average Bonchev–Trinajstić information content (AvgIpc) is 2.55. The second-order valence-corrected chi connectivity index (χ2v) is 7.81. The SMILES string of the molecule is CC(C)OC(=O)c1ccc2ccccc2c1[Se]c1ccccc1. The van der Waals surface area contributed by atoms with Gasteiger partial charge in [0.1, 0.15) is 0 Å². The molecule has 0 unspecified atom stereocenters. The van der Waals surface area contributed by atoms with Crippen LogP contribution in [0.1, 0.15) is 24.2 Å². The molecule has 3 aromatic rings. The summed E-state index contributed by atoms with van der Waals surface area (Å²) in [7, 11) is 0. The Balaban J connectivity index is 2.12. The zero-order valence-electron chi connectivity index (χ0n) is 13.2. The van der Waals surface area contributed by atoms with Crippen molar-refractivity contribution in [2.75, 3.05) is 0 Å². The van der Waals surface area contributed by atoms with Crippen molar-refractivity contribution in [3.63, 3.8) is 0 Å². The van der Waals surface area contributed by atoms with Gasteiger partial charge in [-0.05, 0) is 0 Å². The molecule has 0 aliphatic rings. The molecule has 0 spiro atoms. The zero-order valence-corrected chi connectivity index (χ0v) is 14.9. The van der Waals surface area contributed by atoms with Gasteiger partial charge in [0, 0.05) is 0 Å². The van der Waals surface area contributed by atoms with Crippen molar-refractivity contribution in [2.45, 2.75) is 20.0 Å². The molecular formula is C20H18O2Se. The number of carbonyl (C=O) groups excluding carboxylic acids is 1. The molecule has 0 heterocycles. The molecular weight excluding hydrogens is 351 g/mol. The van der Waals surface area contributed by atoms with E-state index in [-0.39, 0.29) is 27.0 Å². The molecule has 0 aliphatic carbocycles. The third-order valence-electron chi connectivity index (χ3n) is 3.41. The molecule has 2 nitrogen and oxygen atoms in total. The van der Waals surface area contributed by atoms with Crippen molar-refractivity contribution in [3.05, 3.63) is 72.3 Å². The Labute approximate surface area is 142 Å². The van der Waals surface area contributed by atoms with E-state index in [1.54, 1.807) is 0 Å². The van der Waals surface area contributed by atoms with Crippen LogP contribution < -0.4 is 8.92 Å². The van der Waals surface area contributed by atoms with Gasteiger partial charge in [-0.3, -0.25) is 0 Å². The number of fused-ring (bicyclic) bond motifs is 1. The first-order valence-corrected chi connectivity index (χ1v) is 9.32. The molecule has 0 saturated heterocycles. The van der Waals surface area contributed by atoms with E-state index in [0.717, 1.165) is 15.2 Å². The first-order valence-electron chi connectivity index (χ1n) is 7.61. The summed E-state index contributed by atoms with van der Waals surface area (Å²) in [5.74, 6) is -0.237. The van der Waals surface area contributed by atoms with Crippen LogP contribution in [-0.2, 0) is 4.74 Å². The van der Waals surface area contributed by atoms with Gasteiger partial charge in [0.2, 0.25) is 0 Å². The molecule has 0 N–H and O–H groups in total. The van der Waals surface area contributed by atoms with Crippen molar-refractivity contribution in [3.8, 4) is 0 Å². The second-order valence-electron chi connectivity index (χ2n) is 5.53. The molecule has 0 amide bonds. The summed E-state index contributed by atoms with van der Waals surface area (Å²) in [5, 5.41) is 2.29. The monoisotopic (exact) mass is 370 g/mol. The van der Waals surface area contributed by atoms with Gasteiger partial charge < -0.3 is 0 Å². The number of benzene rings is 3. The fourth-order valence-electron chi connectivity index (χ4n) is 2.40. The molecule has 23 heavy (non-hydrogen) atoms. The average molecular weight is 369 g/mol. The van der Waals surface area contributed by atoms with Crippen LogP contribution in [-0.4, -0.2) is 27.0 Å². The van der Waals surface area contributed by atoms with Crippen LogP contribution in [0.3, 0.4) is 0 Å². The Morgan fingerprint density at radius 1 is 0.913 bits per heavy atom. The van der Waals surface area contributed by atoms with Crippen LogP contribution in [0.2, 0.25) is 0 Å². The van der Waals surface area contributed by atoms with Crippen molar-refractivity contribution in [1.29, 1.82) is 0 Å². The molecule has 3 heteroatoms. The van der Waals surface area contributed by atoms with Gasteiger partial charge in [-0.25, -0.2) is 0 Å². The number of rotatable bonds is 4. The Morgan fingerprint density at radius 3 is 2.35 bits per heavy atom. The molecule has 3 aromatic carbocycles. The molecule has 116 valence electrons. The normalized spacial score (nSPS) is 10.9. The quantitative estimate of drug-likeness (QED) is 0.522. The van der Waals surface area contributed by atoms with Crippen LogP contribution in [0.5, 0.6) is 0 Å². The number of hydrogen-bond acceptors (Lipinski definition) is 2. The summed E-state index contributed by atoms with van der Waals surface area (Å²) in [6.07, 6.45) is -0.119. The first-order chi connectivity index (χ1) is 11.1. The van der Waals surface area contributed by atoms with Crippen molar-refractivity contribution in [2.24, 2.45) is 0 Å². The number of ether oxygens (including phenoxy) is 1. The summed E-state index contributed by atoms with van der Waals surface area (Å²) >= 11 is 0.0491. The Morgan fingerprint density at radius 2 is 1.61 bits per heavy atom. The predicted molar refractivity (Wildman–Crippen MR) is 96.0 cm³/mol. The van der Waals surface area contributed by atoms with Crippen LogP contribution >= 0.6 is 0 Å². The van der Waals surface area contributed by atoms with E-state index in [1.807, 2.05) is 56.3 Å². The van der Waals surface area contributed by atoms with Gasteiger partial charge in [-0.15, -0.1) is 0 Å². The maximum atomic E-state index is 12.5. The molecule has 0 aromatic heterocycles. The van der Waals surface area contributed by atoms with Crippen molar-refractivity contribution >= 4 is 40.6 Å². The standard InChI is InChI=1S/C20H18O2Se/c1-14(2)22-20(21)18-13-12-15-8-6-7-11-17(15)19(18)23-16-9-4-3-5-10-16/h3-14H,1-2H3. The summed E-state index contributed by atoms with van der Waals surface area (Å²) < 4.78 is 7.77. The molecule has 0 aliphatic heterocycles. The summed E-state index contributed by atoms with van der Waals surface area (Å²) in [6, 6.07) is 22.4. The molecule has 0 bridgehead atoms. The van der Waals surface area contributed by atoms with E-state index >= 15 is 0 Å². The van der Waals surface area contributed by atoms with E-state index < -0.39 is 0 Å². The third-order valence-corrected chi connectivity index (χ3v) is 5.82. The van der Waals surface area contributed by atoms with E-state index in [2.05, 4.69) is 24.3 Å². The zero-order chi connectivity index (χ0) is 16.2. The van der Waals surface area contributed by atoms with Crippen molar-refractivity contribution in [1.82, 2.24) is 0 Å². The van der Waals surface area contributed by atoms with Crippen LogP contribution in [0.4, 0.5) is 0 Å². The second kappa shape index (κ2) is 6.99. The summed E-state index contributed by atoms with van der Waals surface area (Å²) in [6.45, 7) is 3.75. The molecule has 0 saturated carbocycles. The van der Waals surface area contributed by atoms with Crippen molar-refractivity contribution < 1.29 is 9.53 Å². The van der Waals surface area contributed by atoms with Gasteiger partial charge in [-0.1, -0.05) is 0 Å². The first kappa shape index (κ1) is 15.8. The van der Waals surface area contributed by atoms with Crippen LogP contribution in [0.15, 0.2) is 66.7 Å². The predicted octanol–water partition coefficient (Wildman–Crippen LogP) is 3.06. The van der Waals surface area contributed by atoms with Gasteiger partial charge in [0.15, 0.2) is 0 Å². The van der Waals surface area contributed by atoms with Gasteiger partial charge in [-0.2, -0.15) is 0 Å². The van der Waals surface area contributed by atoms with E-state index in [0.29, 0.717) is 5.56 Å².